The molecule has 18 heavy (non-hydrogen) atoms. The van der Waals surface area contributed by atoms with Gasteiger partial charge in [0.1, 0.15) is 0 Å². The molecule has 1 heterocycles. The van der Waals surface area contributed by atoms with E-state index < -0.39 is 0 Å². The Morgan fingerprint density at radius 1 is 1.28 bits per heavy atom. The molecule has 1 aromatic rings. The molecule has 1 fully saturated rings. The summed E-state index contributed by atoms with van der Waals surface area (Å²) in [6.07, 6.45) is 5.85. The molecule has 2 atom stereocenters. The summed E-state index contributed by atoms with van der Waals surface area (Å²) in [4.78, 5) is 2.60. The summed E-state index contributed by atoms with van der Waals surface area (Å²) in [5.74, 6) is 0. The van der Waals surface area contributed by atoms with E-state index in [1.165, 1.54) is 31.4 Å². The number of aliphatic hydroxyl groups is 1. The van der Waals surface area contributed by atoms with E-state index >= 15 is 0 Å². The highest BCUT2D eigenvalue weighted by atomic mass is 16.3. The molecule has 2 unspecified atom stereocenters. The average molecular weight is 247 g/mol. The predicted molar refractivity (Wildman–Crippen MR) is 75.4 cm³/mol. The third-order valence-corrected chi connectivity index (χ3v) is 3.90. The monoisotopic (exact) mass is 247 g/mol. The van der Waals surface area contributed by atoms with Gasteiger partial charge in [-0.25, -0.2) is 0 Å². The highest BCUT2D eigenvalue weighted by Gasteiger charge is 2.22. The van der Waals surface area contributed by atoms with Crippen LogP contribution in [0.3, 0.4) is 0 Å². The first-order valence-electron chi connectivity index (χ1n) is 7.22. The Morgan fingerprint density at radius 3 is 2.78 bits per heavy atom. The van der Waals surface area contributed by atoms with E-state index in [0.29, 0.717) is 6.04 Å². The first-order valence-corrected chi connectivity index (χ1v) is 7.22. The van der Waals surface area contributed by atoms with Gasteiger partial charge in [0.05, 0.1) is 6.10 Å². The van der Waals surface area contributed by atoms with Crippen LogP contribution in [0.2, 0.25) is 0 Å². The lowest BCUT2D eigenvalue weighted by molar-refractivity contribution is 0.108. The molecule has 1 saturated heterocycles. The Morgan fingerprint density at radius 2 is 2.06 bits per heavy atom. The van der Waals surface area contributed by atoms with E-state index in [-0.39, 0.29) is 6.10 Å². The first kappa shape index (κ1) is 13.6. The van der Waals surface area contributed by atoms with Crippen molar-refractivity contribution in [1.82, 2.24) is 4.90 Å². The minimum absolute atomic E-state index is 0.162. The summed E-state index contributed by atoms with van der Waals surface area (Å²) < 4.78 is 0. The van der Waals surface area contributed by atoms with Gasteiger partial charge in [-0.2, -0.15) is 0 Å². The van der Waals surface area contributed by atoms with Crippen LogP contribution in [-0.4, -0.2) is 28.7 Å². The van der Waals surface area contributed by atoms with Crippen molar-refractivity contribution in [2.24, 2.45) is 0 Å². The third kappa shape index (κ3) is 4.11. The molecule has 0 saturated carbocycles. The number of rotatable bonds is 5. The molecule has 1 N–H and O–H groups in total. The molecule has 0 amide bonds. The number of benzene rings is 1. The number of aliphatic hydroxyl groups excluding tert-OH is 1. The number of piperidine rings is 1. The molecule has 2 heteroatoms. The van der Waals surface area contributed by atoms with E-state index in [1.807, 2.05) is 6.92 Å². The Bertz CT molecular complexity index is 336. The second kappa shape index (κ2) is 6.91. The van der Waals surface area contributed by atoms with Crippen LogP contribution in [0.4, 0.5) is 0 Å². The van der Waals surface area contributed by atoms with Crippen LogP contribution < -0.4 is 0 Å². The zero-order valence-corrected chi connectivity index (χ0v) is 11.4. The first-order chi connectivity index (χ1) is 8.75. The van der Waals surface area contributed by atoms with Gasteiger partial charge < -0.3 is 5.11 Å². The zero-order chi connectivity index (χ0) is 12.8. The number of hydrogen-bond donors (Lipinski definition) is 1. The fourth-order valence-electron chi connectivity index (χ4n) is 2.85. The van der Waals surface area contributed by atoms with E-state index in [4.69, 9.17) is 0 Å². The van der Waals surface area contributed by atoms with Crippen LogP contribution in [0.1, 0.15) is 44.6 Å². The number of likely N-dealkylation sites (tertiary alicyclic amines) is 1. The molecule has 0 aromatic heterocycles. The van der Waals surface area contributed by atoms with Crippen LogP contribution >= 0.6 is 0 Å². The van der Waals surface area contributed by atoms with Gasteiger partial charge in [0.15, 0.2) is 0 Å². The Labute approximate surface area is 111 Å². The van der Waals surface area contributed by atoms with Crippen molar-refractivity contribution in [3.05, 3.63) is 35.9 Å². The van der Waals surface area contributed by atoms with Crippen LogP contribution in [0.25, 0.3) is 0 Å². The zero-order valence-electron chi connectivity index (χ0n) is 11.4. The molecule has 0 aliphatic carbocycles. The summed E-state index contributed by atoms with van der Waals surface area (Å²) >= 11 is 0. The highest BCUT2D eigenvalue weighted by molar-refractivity contribution is 5.14. The maximum atomic E-state index is 9.44. The minimum atomic E-state index is -0.162. The highest BCUT2D eigenvalue weighted by Crippen LogP contribution is 2.23. The minimum Gasteiger partial charge on any atom is -0.393 e. The lowest BCUT2D eigenvalue weighted by atomic mass is 9.96. The van der Waals surface area contributed by atoms with E-state index in [2.05, 4.69) is 35.2 Å². The molecule has 2 nitrogen and oxygen atoms in total. The largest absolute Gasteiger partial charge is 0.393 e. The topological polar surface area (TPSA) is 23.5 Å². The standard InChI is InChI=1S/C16H25NO/c1-14(18)10-11-16-9-5-6-12-17(16)13-15-7-3-2-4-8-15/h2-4,7-8,14,16,18H,5-6,9-13H2,1H3. The molecular formula is C16H25NO. The average Bonchev–Trinajstić information content (AvgIpc) is 2.39. The predicted octanol–water partition coefficient (Wildman–Crippen LogP) is 3.20. The second-order valence-corrected chi connectivity index (χ2v) is 5.53. The fourth-order valence-corrected chi connectivity index (χ4v) is 2.85. The van der Waals surface area contributed by atoms with Gasteiger partial charge in [-0.05, 0) is 44.7 Å². The van der Waals surface area contributed by atoms with Crippen molar-refractivity contribution >= 4 is 0 Å². The van der Waals surface area contributed by atoms with E-state index in [0.717, 1.165) is 19.4 Å². The lowest BCUT2D eigenvalue weighted by Crippen LogP contribution is -2.39. The quantitative estimate of drug-likeness (QED) is 0.863. The second-order valence-electron chi connectivity index (χ2n) is 5.53. The maximum Gasteiger partial charge on any atom is 0.0512 e. The van der Waals surface area contributed by atoms with Gasteiger partial charge in [0.2, 0.25) is 0 Å². The number of hydrogen-bond acceptors (Lipinski definition) is 2. The summed E-state index contributed by atoms with van der Waals surface area (Å²) in [7, 11) is 0. The van der Waals surface area contributed by atoms with E-state index in [9.17, 15) is 5.11 Å². The molecule has 0 bridgehead atoms. The molecule has 1 aromatic carbocycles. The third-order valence-electron chi connectivity index (χ3n) is 3.90. The molecule has 100 valence electrons. The Balaban J connectivity index is 1.91. The van der Waals surface area contributed by atoms with Crippen molar-refractivity contribution in [1.29, 1.82) is 0 Å². The smallest absolute Gasteiger partial charge is 0.0512 e. The van der Waals surface area contributed by atoms with Crippen molar-refractivity contribution in [3.8, 4) is 0 Å². The van der Waals surface area contributed by atoms with Gasteiger partial charge in [0.25, 0.3) is 0 Å². The normalized spacial score (nSPS) is 22.9. The van der Waals surface area contributed by atoms with Crippen molar-refractivity contribution < 1.29 is 5.11 Å². The molecule has 1 aliphatic rings. The van der Waals surface area contributed by atoms with Crippen LogP contribution in [0, 0.1) is 0 Å². The van der Waals surface area contributed by atoms with Crippen LogP contribution in [0.5, 0.6) is 0 Å². The molecule has 0 radical (unpaired) electrons. The summed E-state index contributed by atoms with van der Waals surface area (Å²) in [5, 5.41) is 9.44. The van der Waals surface area contributed by atoms with Gasteiger partial charge in [-0.1, -0.05) is 36.8 Å². The summed E-state index contributed by atoms with van der Waals surface area (Å²) in [6, 6.07) is 11.4. The SMILES string of the molecule is CC(O)CCC1CCCCN1Cc1ccccc1. The van der Waals surface area contributed by atoms with Gasteiger partial charge in [-0.3, -0.25) is 4.90 Å². The molecular weight excluding hydrogens is 222 g/mol. The van der Waals surface area contributed by atoms with Crippen molar-refractivity contribution in [2.75, 3.05) is 6.54 Å². The summed E-state index contributed by atoms with van der Waals surface area (Å²) in [5.41, 5.74) is 1.40. The maximum absolute atomic E-state index is 9.44. The van der Waals surface area contributed by atoms with Crippen LogP contribution in [0.15, 0.2) is 30.3 Å². The lowest BCUT2D eigenvalue weighted by Gasteiger charge is -2.36. The molecule has 1 aliphatic heterocycles. The molecule has 2 rings (SSSR count). The van der Waals surface area contributed by atoms with Crippen molar-refractivity contribution in [3.63, 3.8) is 0 Å². The Kier molecular flexibility index (Phi) is 5.21. The van der Waals surface area contributed by atoms with Gasteiger partial charge >= 0.3 is 0 Å². The van der Waals surface area contributed by atoms with Crippen LogP contribution in [-0.2, 0) is 6.54 Å². The number of nitrogens with zero attached hydrogens (tertiary/aromatic N) is 1. The van der Waals surface area contributed by atoms with Crippen molar-refractivity contribution in [2.45, 2.75) is 57.7 Å². The fraction of sp³-hybridized carbons (Fsp3) is 0.625. The van der Waals surface area contributed by atoms with Gasteiger partial charge in [0, 0.05) is 12.6 Å². The van der Waals surface area contributed by atoms with Gasteiger partial charge in [-0.15, -0.1) is 0 Å². The van der Waals surface area contributed by atoms with E-state index in [1.54, 1.807) is 0 Å². The Hall–Kier alpha value is -0.860. The molecule has 0 spiro atoms. The summed E-state index contributed by atoms with van der Waals surface area (Å²) in [6.45, 7) is 4.16.